The van der Waals surface area contributed by atoms with Gasteiger partial charge in [0.15, 0.2) is 0 Å². The van der Waals surface area contributed by atoms with Crippen molar-refractivity contribution in [1.29, 1.82) is 0 Å². The van der Waals surface area contributed by atoms with Crippen molar-refractivity contribution in [2.45, 2.75) is 13.3 Å². The van der Waals surface area contributed by atoms with Crippen molar-refractivity contribution >= 4 is 44.5 Å². The summed E-state index contributed by atoms with van der Waals surface area (Å²) in [6, 6.07) is 15.7. The molecule has 4 rings (SSSR count). The summed E-state index contributed by atoms with van der Waals surface area (Å²) in [5, 5.41) is 8.00. The molecule has 0 aliphatic heterocycles. The van der Waals surface area contributed by atoms with Crippen molar-refractivity contribution < 1.29 is 0 Å². The number of fused-ring (bicyclic) bond motifs is 1. The van der Waals surface area contributed by atoms with E-state index in [2.05, 4.69) is 28.4 Å². The van der Waals surface area contributed by atoms with Gasteiger partial charge in [-0.15, -0.1) is 0 Å². The molecule has 4 aromatic rings. The lowest BCUT2D eigenvalue weighted by atomic mass is 10.1. The first-order chi connectivity index (χ1) is 12.7. The predicted octanol–water partition coefficient (Wildman–Crippen LogP) is 4.80. The molecule has 7 heteroatoms. The van der Waals surface area contributed by atoms with Gasteiger partial charge in [-0.3, -0.25) is 4.79 Å². The zero-order valence-corrected chi connectivity index (χ0v) is 15.5. The summed E-state index contributed by atoms with van der Waals surface area (Å²) in [5.74, 6) is 0. The van der Waals surface area contributed by atoms with Gasteiger partial charge in [0, 0.05) is 5.69 Å². The SMILES string of the molecule is CCc1cccc(Nc2cnn(-c3nc4ccccc4s3)c(=O)c2Cl)c1. The minimum Gasteiger partial charge on any atom is -0.353 e. The van der Waals surface area contributed by atoms with Crippen molar-refractivity contribution in [3.05, 3.63) is 75.7 Å². The van der Waals surface area contributed by atoms with E-state index >= 15 is 0 Å². The lowest BCUT2D eigenvalue weighted by Crippen LogP contribution is -2.22. The maximum Gasteiger partial charge on any atom is 0.294 e. The molecule has 0 spiro atoms. The maximum absolute atomic E-state index is 12.7. The number of para-hydroxylation sites is 1. The van der Waals surface area contributed by atoms with Crippen LogP contribution in [0.15, 0.2) is 59.5 Å². The monoisotopic (exact) mass is 382 g/mol. The van der Waals surface area contributed by atoms with Gasteiger partial charge in [-0.2, -0.15) is 9.78 Å². The van der Waals surface area contributed by atoms with Gasteiger partial charge in [-0.25, -0.2) is 4.98 Å². The number of nitrogens with one attached hydrogen (secondary N) is 1. The molecule has 2 aromatic carbocycles. The normalized spacial score (nSPS) is 11.0. The fourth-order valence-electron chi connectivity index (χ4n) is 2.63. The molecule has 0 aliphatic rings. The minimum atomic E-state index is -0.401. The van der Waals surface area contributed by atoms with Crippen LogP contribution >= 0.6 is 22.9 Å². The van der Waals surface area contributed by atoms with Crippen LogP contribution in [-0.4, -0.2) is 14.8 Å². The fourth-order valence-corrected chi connectivity index (χ4v) is 3.73. The maximum atomic E-state index is 12.7. The summed E-state index contributed by atoms with van der Waals surface area (Å²) >= 11 is 7.71. The predicted molar refractivity (Wildman–Crippen MR) is 107 cm³/mol. The van der Waals surface area contributed by atoms with E-state index in [1.807, 2.05) is 42.5 Å². The van der Waals surface area contributed by atoms with Crippen LogP contribution in [0.1, 0.15) is 12.5 Å². The average Bonchev–Trinajstić information content (AvgIpc) is 3.09. The minimum absolute atomic E-state index is 0.0844. The molecule has 0 saturated heterocycles. The number of halogens is 1. The summed E-state index contributed by atoms with van der Waals surface area (Å²) < 4.78 is 2.23. The Morgan fingerprint density at radius 2 is 2.04 bits per heavy atom. The highest BCUT2D eigenvalue weighted by atomic mass is 35.5. The lowest BCUT2D eigenvalue weighted by Gasteiger charge is -2.10. The smallest absolute Gasteiger partial charge is 0.294 e. The zero-order valence-electron chi connectivity index (χ0n) is 13.9. The number of thiazole rings is 1. The zero-order chi connectivity index (χ0) is 18.1. The first-order valence-electron chi connectivity index (χ1n) is 8.15. The number of aryl methyl sites for hydroxylation is 1. The van der Waals surface area contributed by atoms with Crippen molar-refractivity contribution in [1.82, 2.24) is 14.8 Å². The summed E-state index contributed by atoms with van der Waals surface area (Å²) in [4.78, 5) is 17.1. The molecule has 2 heterocycles. The van der Waals surface area contributed by atoms with Crippen LogP contribution in [0.25, 0.3) is 15.3 Å². The molecule has 0 bridgehead atoms. The number of nitrogens with zero attached hydrogens (tertiary/aromatic N) is 3. The van der Waals surface area contributed by atoms with Crippen LogP contribution in [0.5, 0.6) is 0 Å². The van der Waals surface area contributed by atoms with Gasteiger partial charge in [0.25, 0.3) is 5.56 Å². The summed E-state index contributed by atoms with van der Waals surface area (Å²) in [6.45, 7) is 2.09. The Labute approximate surface area is 158 Å². The van der Waals surface area contributed by atoms with E-state index in [0.29, 0.717) is 10.8 Å². The number of hydrogen-bond donors (Lipinski definition) is 1. The van der Waals surface area contributed by atoms with Gasteiger partial charge in [-0.1, -0.05) is 54.1 Å². The van der Waals surface area contributed by atoms with E-state index in [9.17, 15) is 4.79 Å². The fraction of sp³-hybridized carbons (Fsp3) is 0.105. The van der Waals surface area contributed by atoms with Gasteiger partial charge in [0.05, 0.1) is 22.1 Å². The van der Waals surface area contributed by atoms with Gasteiger partial charge in [0.1, 0.15) is 5.02 Å². The molecule has 5 nitrogen and oxygen atoms in total. The van der Waals surface area contributed by atoms with Crippen molar-refractivity contribution in [2.75, 3.05) is 5.32 Å². The molecule has 0 unspecified atom stereocenters. The first-order valence-corrected chi connectivity index (χ1v) is 9.35. The van der Waals surface area contributed by atoms with E-state index in [4.69, 9.17) is 11.6 Å². The molecule has 2 aromatic heterocycles. The highest BCUT2D eigenvalue weighted by Gasteiger charge is 2.14. The highest BCUT2D eigenvalue weighted by molar-refractivity contribution is 7.20. The third-order valence-electron chi connectivity index (χ3n) is 4.00. The van der Waals surface area contributed by atoms with Gasteiger partial charge in [0.2, 0.25) is 5.13 Å². The van der Waals surface area contributed by atoms with Gasteiger partial charge in [-0.05, 0) is 36.2 Å². The van der Waals surface area contributed by atoms with E-state index in [1.54, 1.807) is 6.20 Å². The lowest BCUT2D eigenvalue weighted by molar-refractivity contribution is 0.803. The Morgan fingerprint density at radius 1 is 1.19 bits per heavy atom. The number of hydrogen-bond acceptors (Lipinski definition) is 5. The molecule has 1 N–H and O–H groups in total. The molecular weight excluding hydrogens is 368 g/mol. The number of aromatic nitrogens is 3. The van der Waals surface area contributed by atoms with Crippen molar-refractivity contribution in [3.63, 3.8) is 0 Å². The Kier molecular flexibility index (Phi) is 4.44. The van der Waals surface area contributed by atoms with E-state index in [1.165, 1.54) is 21.6 Å². The summed E-state index contributed by atoms with van der Waals surface area (Å²) in [5.41, 5.74) is 2.97. The van der Waals surface area contributed by atoms with Crippen LogP contribution in [0.2, 0.25) is 5.02 Å². The second-order valence-corrected chi connectivity index (χ2v) is 7.12. The van der Waals surface area contributed by atoms with Gasteiger partial charge < -0.3 is 5.32 Å². The first kappa shape index (κ1) is 16.8. The van der Waals surface area contributed by atoms with Crippen LogP contribution in [-0.2, 0) is 6.42 Å². The molecule has 0 saturated carbocycles. The van der Waals surface area contributed by atoms with Crippen molar-refractivity contribution in [2.24, 2.45) is 0 Å². The molecule has 0 amide bonds. The van der Waals surface area contributed by atoms with Crippen LogP contribution in [0, 0.1) is 0 Å². The molecule has 0 fully saturated rings. The molecule has 0 atom stereocenters. The quantitative estimate of drug-likeness (QED) is 0.550. The standard InChI is InChI=1S/C19H15ClN4OS/c1-2-12-6-5-7-13(10-12)22-15-11-21-24(18(25)17(15)20)19-23-14-8-3-4-9-16(14)26-19/h3-11,22H,2H2,1H3. The summed E-state index contributed by atoms with van der Waals surface area (Å²) in [6.07, 6.45) is 2.48. The Balaban J connectivity index is 1.71. The average molecular weight is 383 g/mol. The third-order valence-corrected chi connectivity index (χ3v) is 5.37. The molecule has 0 radical (unpaired) electrons. The van der Waals surface area contributed by atoms with Crippen LogP contribution in [0.4, 0.5) is 11.4 Å². The van der Waals surface area contributed by atoms with Gasteiger partial charge >= 0.3 is 0 Å². The molecule has 0 aliphatic carbocycles. The van der Waals surface area contributed by atoms with E-state index in [0.717, 1.165) is 22.3 Å². The van der Waals surface area contributed by atoms with Crippen LogP contribution in [0.3, 0.4) is 0 Å². The van der Waals surface area contributed by atoms with E-state index in [-0.39, 0.29) is 5.02 Å². The molecule has 130 valence electrons. The largest absolute Gasteiger partial charge is 0.353 e. The number of rotatable bonds is 4. The van der Waals surface area contributed by atoms with Crippen LogP contribution < -0.4 is 10.9 Å². The Morgan fingerprint density at radius 3 is 2.85 bits per heavy atom. The van der Waals surface area contributed by atoms with E-state index < -0.39 is 5.56 Å². The number of benzene rings is 2. The highest BCUT2D eigenvalue weighted by Crippen LogP contribution is 2.26. The Bertz CT molecular complexity index is 1120. The second-order valence-electron chi connectivity index (χ2n) is 5.73. The molecule has 26 heavy (non-hydrogen) atoms. The summed E-state index contributed by atoms with van der Waals surface area (Å²) in [7, 11) is 0. The third kappa shape index (κ3) is 3.09. The Hall–Kier alpha value is -2.70. The second kappa shape index (κ2) is 6.90. The van der Waals surface area contributed by atoms with Crippen molar-refractivity contribution in [3.8, 4) is 5.13 Å². The topological polar surface area (TPSA) is 59.8 Å². The molecular formula is C19H15ClN4OS. The number of anilines is 2.